The van der Waals surface area contributed by atoms with Crippen molar-refractivity contribution in [1.82, 2.24) is 10.4 Å². The lowest BCUT2D eigenvalue weighted by Crippen LogP contribution is -2.20. The molecule has 0 atom stereocenters. The Hall–Kier alpha value is -2.69. The number of carbonyl (C=O) groups excluding carboxylic acids is 1. The molecule has 20 heavy (non-hydrogen) atoms. The van der Waals surface area contributed by atoms with Crippen LogP contribution in [-0.2, 0) is 0 Å². The van der Waals surface area contributed by atoms with Gasteiger partial charge >= 0.3 is 0 Å². The summed E-state index contributed by atoms with van der Waals surface area (Å²) in [5, 5.41) is 4.07. The third kappa shape index (κ3) is 3.20. The summed E-state index contributed by atoms with van der Waals surface area (Å²) in [6.07, 6.45) is 3.37. The maximum absolute atomic E-state index is 12.0. The first kappa shape index (κ1) is 13.7. The largest absolute Gasteiger partial charge is 0.496 e. The first-order valence-electron chi connectivity index (χ1n) is 6.10. The van der Waals surface area contributed by atoms with Crippen LogP contribution in [0.3, 0.4) is 0 Å². The molecule has 5 heteroatoms. The molecule has 2 rings (SSSR count). The van der Waals surface area contributed by atoms with Crippen molar-refractivity contribution in [3.63, 3.8) is 0 Å². The van der Waals surface area contributed by atoms with E-state index >= 15 is 0 Å². The van der Waals surface area contributed by atoms with E-state index < -0.39 is 0 Å². The smallest absolute Gasteiger partial charge is 0.275 e. The second-order valence-corrected chi connectivity index (χ2v) is 4.08. The van der Waals surface area contributed by atoms with Gasteiger partial charge in [-0.05, 0) is 25.1 Å². The minimum Gasteiger partial charge on any atom is -0.496 e. The number of amides is 1. The third-order valence-corrected chi connectivity index (χ3v) is 2.76. The third-order valence-electron chi connectivity index (χ3n) is 2.76. The lowest BCUT2D eigenvalue weighted by Gasteiger charge is -2.07. The van der Waals surface area contributed by atoms with Crippen LogP contribution in [0.2, 0.25) is 0 Å². The molecule has 1 aromatic heterocycles. The first-order valence-corrected chi connectivity index (χ1v) is 6.10. The van der Waals surface area contributed by atoms with Crippen LogP contribution in [0.25, 0.3) is 0 Å². The average molecular weight is 269 g/mol. The van der Waals surface area contributed by atoms with E-state index in [9.17, 15) is 4.79 Å². The molecule has 0 aliphatic rings. The SMILES string of the molecule is COc1ccccc1C(=O)NN=C(C)c1cccnc1. The molecule has 0 aliphatic carbocycles. The van der Waals surface area contributed by atoms with Gasteiger partial charge in [-0.15, -0.1) is 0 Å². The van der Waals surface area contributed by atoms with Crippen LogP contribution in [0, 0.1) is 0 Å². The van der Waals surface area contributed by atoms with Crippen LogP contribution in [-0.4, -0.2) is 23.7 Å². The minimum atomic E-state index is -0.314. The van der Waals surface area contributed by atoms with Crippen molar-refractivity contribution in [2.24, 2.45) is 5.10 Å². The van der Waals surface area contributed by atoms with Gasteiger partial charge in [0.1, 0.15) is 5.75 Å². The summed E-state index contributed by atoms with van der Waals surface area (Å²) >= 11 is 0. The maximum atomic E-state index is 12.0. The van der Waals surface area contributed by atoms with E-state index in [1.54, 1.807) is 43.6 Å². The normalized spacial score (nSPS) is 11.0. The molecule has 0 spiro atoms. The summed E-state index contributed by atoms with van der Waals surface area (Å²) in [6, 6.07) is 10.7. The molecule has 1 amide bonds. The number of rotatable bonds is 4. The zero-order valence-electron chi connectivity index (χ0n) is 11.3. The number of nitrogens with one attached hydrogen (secondary N) is 1. The van der Waals surface area contributed by atoms with Crippen LogP contribution in [0.1, 0.15) is 22.8 Å². The van der Waals surface area contributed by atoms with Gasteiger partial charge in [0, 0.05) is 18.0 Å². The number of methoxy groups -OCH3 is 1. The van der Waals surface area contributed by atoms with Gasteiger partial charge in [0.2, 0.25) is 0 Å². The first-order chi connectivity index (χ1) is 9.72. The summed E-state index contributed by atoms with van der Waals surface area (Å²) in [7, 11) is 1.52. The van der Waals surface area contributed by atoms with E-state index in [-0.39, 0.29) is 5.91 Å². The van der Waals surface area contributed by atoms with Gasteiger partial charge < -0.3 is 4.74 Å². The second-order valence-electron chi connectivity index (χ2n) is 4.08. The molecule has 1 heterocycles. The Labute approximate surface area is 117 Å². The van der Waals surface area contributed by atoms with Gasteiger partial charge in [-0.3, -0.25) is 9.78 Å². The van der Waals surface area contributed by atoms with E-state index in [0.29, 0.717) is 17.0 Å². The van der Waals surface area contributed by atoms with Crippen LogP contribution in [0.15, 0.2) is 53.9 Å². The molecular weight excluding hydrogens is 254 g/mol. The highest BCUT2D eigenvalue weighted by molar-refractivity contribution is 6.01. The van der Waals surface area contributed by atoms with Crippen molar-refractivity contribution in [2.45, 2.75) is 6.92 Å². The zero-order chi connectivity index (χ0) is 14.4. The Morgan fingerprint density at radius 1 is 1.25 bits per heavy atom. The van der Waals surface area contributed by atoms with Crippen LogP contribution >= 0.6 is 0 Å². The van der Waals surface area contributed by atoms with Crippen LogP contribution in [0.5, 0.6) is 5.75 Å². The predicted octanol–water partition coefficient (Wildman–Crippen LogP) is 2.24. The fourth-order valence-electron chi connectivity index (χ4n) is 1.67. The van der Waals surface area contributed by atoms with Gasteiger partial charge in [0.15, 0.2) is 0 Å². The molecular formula is C15H15N3O2. The summed E-state index contributed by atoms with van der Waals surface area (Å²) in [4.78, 5) is 16.1. The molecule has 0 aliphatic heterocycles. The van der Waals surface area contributed by atoms with Gasteiger partial charge in [0.25, 0.3) is 5.91 Å². The Bertz CT molecular complexity index is 624. The number of aromatic nitrogens is 1. The van der Waals surface area contributed by atoms with E-state index in [2.05, 4.69) is 15.5 Å². The molecule has 0 fully saturated rings. The Kier molecular flexibility index (Phi) is 4.44. The van der Waals surface area contributed by atoms with Gasteiger partial charge in [-0.2, -0.15) is 5.10 Å². The molecule has 0 saturated carbocycles. The lowest BCUT2D eigenvalue weighted by atomic mass is 10.2. The zero-order valence-corrected chi connectivity index (χ0v) is 11.3. The number of carbonyl (C=O) groups is 1. The fourth-order valence-corrected chi connectivity index (χ4v) is 1.67. The summed E-state index contributed by atoms with van der Waals surface area (Å²) in [5.41, 5.74) is 4.49. The van der Waals surface area contributed by atoms with Crippen molar-refractivity contribution in [1.29, 1.82) is 0 Å². The number of pyridine rings is 1. The second kappa shape index (κ2) is 6.47. The maximum Gasteiger partial charge on any atom is 0.275 e. The number of hydrazone groups is 1. The molecule has 0 bridgehead atoms. The Morgan fingerprint density at radius 2 is 2.05 bits per heavy atom. The van der Waals surface area contributed by atoms with Gasteiger partial charge in [-0.25, -0.2) is 5.43 Å². The summed E-state index contributed by atoms with van der Waals surface area (Å²) in [5.74, 6) is 0.199. The molecule has 1 aromatic carbocycles. The highest BCUT2D eigenvalue weighted by Crippen LogP contribution is 2.16. The number of hydrogen-bond donors (Lipinski definition) is 1. The minimum absolute atomic E-state index is 0.314. The van der Waals surface area contributed by atoms with E-state index in [1.807, 2.05) is 12.1 Å². The van der Waals surface area contributed by atoms with Crippen molar-refractivity contribution in [2.75, 3.05) is 7.11 Å². The standard InChI is InChI=1S/C15H15N3O2/c1-11(12-6-5-9-16-10-12)17-18-15(19)13-7-3-4-8-14(13)20-2/h3-10H,1-2H3,(H,18,19). The molecule has 0 unspecified atom stereocenters. The topological polar surface area (TPSA) is 63.6 Å². The number of para-hydroxylation sites is 1. The number of nitrogens with zero attached hydrogens (tertiary/aromatic N) is 2. The summed E-state index contributed by atoms with van der Waals surface area (Å²) in [6.45, 7) is 1.81. The number of hydrogen-bond acceptors (Lipinski definition) is 4. The average Bonchev–Trinajstić information content (AvgIpc) is 2.53. The molecule has 1 N–H and O–H groups in total. The van der Waals surface area contributed by atoms with E-state index in [0.717, 1.165) is 5.56 Å². The number of ether oxygens (including phenoxy) is 1. The number of benzene rings is 1. The molecule has 0 radical (unpaired) electrons. The highest BCUT2D eigenvalue weighted by Gasteiger charge is 2.10. The van der Waals surface area contributed by atoms with Gasteiger partial charge in [0.05, 0.1) is 18.4 Å². The molecule has 102 valence electrons. The lowest BCUT2D eigenvalue weighted by molar-refractivity contribution is 0.0952. The van der Waals surface area contributed by atoms with Crippen LogP contribution in [0.4, 0.5) is 0 Å². The van der Waals surface area contributed by atoms with E-state index in [4.69, 9.17) is 4.74 Å². The Morgan fingerprint density at radius 3 is 2.75 bits per heavy atom. The summed E-state index contributed by atoms with van der Waals surface area (Å²) < 4.78 is 5.14. The molecule has 0 saturated heterocycles. The highest BCUT2D eigenvalue weighted by atomic mass is 16.5. The fraction of sp³-hybridized carbons (Fsp3) is 0.133. The van der Waals surface area contributed by atoms with E-state index in [1.165, 1.54) is 7.11 Å². The van der Waals surface area contributed by atoms with Crippen molar-refractivity contribution in [3.8, 4) is 5.75 Å². The van der Waals surface area contributed by atoms with Crippen molar-refractivity contribution in [3.05, 3.63) is 59.9 Å². The van der Waals surface area contributed by atoms with Crippen molar-refractivity contribution >= 4 is 11.6 Å². The monoisotopic (exact) mass is 269 g/mol. The predicted molar refractivity (Wildman–Crippen MR) is 76.9 cm³/mol. The van der Waals surface area contributed by atoms with Gasteiger partial charge in [-0.1, -0.05) is 18.2 Å². The van der Waals surface area contributed by atoms with Crippen LogP contribution < -0.4 is 10.2 Å². The molecule has 5 nitrogen and oxygen atoms in total. The van der Waals surface area contributed by atoms with Crippen molar-refractivity contribution < 1.29 is 9.53 Å². The quantitative estimate of drug-likeness (QED) is 0.684. The molecule has 2 aromatic rings. The Balaban J connectivity index is 2.12.